The second kappa shape index (κ2) is 12.1. The van der Waals surface area contributed by atoms with Crippen LogP contribution < -0.4 is 10.1 Å². The van der Waals surface area contributed by atoms with Gasteiger partial charge in [-0.1, -0.05) is 12.1 Å². The van der Waals surface area contributed by atoms with Crippen molar-refractivity contribution >= 4 is 44.6 Å². The molecule has 2 aromatic carbocycles. The molecule has 0 atom stereocenters. The first-order valence-corrected chi connectivity index (χ1v) is 15.9. The minimum atomic E-state index is -3.83. The van der Waals surface area contributed by atoms with E-state index < -0.39 is 10.0 Å². The zero-order valence-electron chi connectivity index (χ0n) is 23.1. The van der Waals surface area contributed by atoms with Crippen molar-refractivity contribution in [2.75, 3.05) is 38.6 Å². The molecular formula is C30H33N3O6S2. The number of fused-ring (bicyclic) bond motifs is 1. The summed E-state index contributed by atoms with van der Waals surface area (Å²) in [4.78, 5) is 42.2. The summed E-state index contributed by atoms with van der Waals surface area (Å²) in [5.74, 6) is 0.102. The first kappa shape index (κ1) is 29.0. The van der Waals surface area contributed by atoms with Crippen molar-refractivity contribution in [1.82, 2.24) is 9.21 Å². The molecule has 1 aromatic heterocycles. The van der Waals surface area contributed by atoms with Crippen LogP contribution in [0.2, 0.25) is 0 Å². The SMILES string of the molecule is COc1ccc(NC(=O)c2c(CC(=O)c3cccc(S(=O)(=O)N4CCN(C(C)=O)CC4)c3)sc3c2CCCC3)cc1. The molecule has 0 radical (unpaired) electrons. The van der Waals surface area contributed by atoms with Crippen molar-refractivity contribution < 1.29 is 27.5 Å². The molecule has 5 rings (SSSR count). The van der Waals surface area contributed by atoms with Gasteiger partial charge in [0.05, 0.1) is 17.6 Å². The van der Waals surface area contributed by atoms with Crippen molar-refractivity contribution in [2.24, 2.45) is 0 Å². The minimum Gasteiger partial charge on any atom is -0.497 e. The fourth-order valence-electron chi connectivity index (χ4n) is 5.35. The number of sulfonamides is 1. The summed E-state index contributed by atoms with van der Waals surface area (Å²) >= 11 is 1.50. The van der Waals surface area contributed by atoms with Crippen LogP contribution in [0.1, 0.15) is 55.8 Å². The first-order chi connectivity index (χ1) is 19.7. The van der Waals surface area contributed by atoms with Gasteiger partial charge in [-0.25, -0.2) is 8.42 Å². The number of piperazine rings is 1. The van der Waals surface area contributed by atoms with Crippen LogP contribution >= 0.6 is 11.3 Å². The topological polar surface area (TPSA) is 113 Å². The Morgan fingerprint density at radius 1 is 0.976 bits per heavy atom. The maximum Gasteiger partial charge on any atom is 0.257 e. The number of ketones is 1. The van der Waals surface area contributed by atoms with Gasteiger partial charge in [0.15, 0.2) is 5.78 Å². The van der Waals surface area contributed by atoms with E-state index in [1.165, 1.54) is 34.7 Å². The van der Waals surface area contributed by atoms with E-state index >= 15 is 0 Å². The van der Waals surface area contributed by atoms with Crippen molar-refractivity contribution in [3.05, 3.63) is 75.0 Å². The van der Waals surface area contributed by atoms with E-state index in [-0.39, 0.29) is 47.6 Å². The standard InChI is InChI=1S/C30H33N3O6S2/c1-20(34)32-14-16-33(17-15-32)41(37,38)24-7-5-6-21(18-24)26(35)19-28-29(25-8-3-4-9-27(25)40-28)30(36)31-22-10-12-23(39-2)13-11-22/h5-7,10-13,18H,3-4,8-9,14-17,19H2,1-2H3,(H,31,36). The van der Waals surface area contributed by atoms with E-state index in [2.05, 4.69) is 5.32 Å². The number of amides is 2. The summed E-state index contributed by atoms with van der Waals surface area (Å²) in [6, 6.07) is 13.2. The summed E-state index contributed by atoms with van der Waals surface area (Å²) in [6.45, 7) is 2.54. The number of nitrogens with one attached hydrogen (secondary N) is 1. The van der Waals surface area contributed by atoms with Gasteiger partial charge in [0.2, 0.25) is 15.9 Å². The zero-order valence-corrected chi connectivity index (χ0v) is 24.8. The third-order valence-electron chi connectivity index (χ3n) is 7.62. The maximum atomic E-state index is 13.5. The monoisotopic (exact) mass is 595 g/mol. The number of methoxy groups -OCH3 is 1. The molecule has 41 heavy (non-hydrogen) atoms. The second-order valence-electron chi connectivity index (χ2n) is 10.2. The molecule has 2 heterocycles. The second-order valence-corrected chi connectivity index (χ2v) is 13.4. The van der Waals surface area contributed by atoms with Crippen molar-refractivity contribution in [1.29, 1.82) is 0 Å². The number of ether oxygens (including phenoxy) is 1. The highest BCUT2D eigenvalue weighted by Gasteiger charge is 2.30. The number of rotatable bonds is 8. The lowest BCUT2D eigenvalue weighted by Crippen LogP contribution is -2.49. The van der Waals surface area contributed by atoms with Gasteiger partial charge in [-0.05, 0) is 67.6 Å². The summed E-state index contributed by atoms with van der Waals surface area (Å²) < 4.78 is 33.2. The molecule has 0 bridgehead atoms. The fourth-order valence-corrected chi connectivity index (χ4v) is 8.21. The van der Waals surface area contributed by atoms with E-state index in [9.17, 15) is 22.8 Å². The van der Waals surface area contributed by atoms with Gasteiger partial charge in [-0.3, -0.25) is 14.4 Å². The molecule has 2 amide bonds. The fraction of sp³-hybridized carbons (Fsp3) is 0.367. The van der Waals surface area contributed by atoms with Gasteiger partial charge in [0.1, 0.15) is 5.75 Å². The average molecular weight is 596 g/mol. The molecule has 1 N–H and O–H groups in total. The minimum absolute atomic E-state index is 0.00379. The largest absolute Gasteiger partial charge is 0.497 e. The summed E-state index contributed by atoms with van der Waals surface area (Å²) in [5.41, 5.74) is 2.48. The number of Topliss-reactive ketones (excluding diaryl/α,β-unsaturated/α-hetero) is 1. The van der Waals surface area contributed by atoms with Crippen LogP contribution in [0.25, 0.3) is 0 Å². The molecule has 9 nitrogen and oxygen atoms in total. The molecule has 0 spiro atoms. The van der Waals surface area contributed by atoms with Gasteiger partial charge >= 0.3 is 0 Å². The van der Waals surface area contributed by atoms with E-state index in [4.69, 9.17) is 4.74 Å². The highest BCUT2D eigenvalue weighted by atomic mass is 32.2. The zero-order chi connectivity index (χ0) is 29.1. The Morgan fingerprint density at radius 3 is 2.37 bits per heavy atom. The van der Waals surface area contributed by atoms with Crippen LogP contribution in [0.4, 0.5) is 5.69 Å². The van der Waals surface area contributed by atoms with E-state index in [0.29, 0.717) is 35.0 Å². The van der Waals surface area contributed by atoms with Crippen LogP contribution in [0.15, 0.2) is 53.4 Å². The van der Waals surface area contributed by atoms with E-state index in [1.807, 2.05) is 0 Å². The number of hydrogen-bond donors (Lipinski definition) is 1. The molecule has 2 aliphatic rings. The Balaban J connectivity index is 1.37. The summed E-state index contributed by atoms with van der Waals surface area (Å²) in [5, 5.41) is 2.97. The summed E-state index contributed by atoms with van der Waals surface area (Å²) in [6.07, 6.45) is 3.70. The third-order valence-corrected chi connectivity index (χ3v) is 10.8. The van der Waals surface area contributed by atoms with Crippen LogP contribution in [0.5, 0.6) is 5.75 Å². The highest BCUT2D eigenvalue weighted by Crippen LogP contribution is 2.36. The molecule has 0 saturated carbocycles. The number of thiophene rings is 1. The lowest BCUT2D eigenvalue weighted by molar-refractivity contribution is -0.129. The van der Waals surface area contributed by atoms with Crippen molar-refractivity contribution in [3.63, 3.8) is 0 Å². The van der Waals surface area contributed by atoms with Crippen LogP contribution in [-0.4, -0.2) is 68.5 Å². The molecule has 1 saturated heterocycles. The molecule has 1 aliphatic carbocycles. The third kappa shape index (κ3) is 6.22. The predicted molar refractivity (Wildman–Crippen MR) is 157 cm³/mol. The van der Waals surface area contributed by atoms with Crippen LogP contribution in [-0.2, 0) is 34.1 Å². The molecule has 1 fully saturated rings. The molecule has 3 aromatic rings. The van der Waals surface area contributed by atoms with Gasteiger partial charge in [-0.2, -0.15) is 4.31 Å². The first-order valence-electron chi connectivity index (χ1n) is 13.6. The Morgan fingerprint density at radius 2 is 1.68 bits per heavy atom. The Hall–Kier alpha value is -3.54. The smallest absolute Gasteiger partial charge is 0.257 e. The predicted octanol–water partition coefficient (Wildman–Crippen LogP) is 4.17. The highest BCUT2D eigenvalue weighted by molar-refractivity contribution is 7.89. The van der Waals surface area contributed by atoms with Gasteiger partial charge in [0.25, 0.3) is 5.91 Å². The lowest BCUT2D eigenvalue weighted by Gasteiger charge is -2.33. The Kier molecular flexibility index (Phi) is 8.58. The van der Waals surface area contributed by atoms with Crippen molar-refractivity contribution in [3.8, 4) is 5.75 Å². The van der Waals surface area contributed by atoms with Gasteiger partial charge in [0, 0.05) is 60.5 Å². The quantitative estimate of drug-likeness (QED) is 0.391. The van der Waals surface area contributed by atoms with E-state index in [0.717, 1.165) is 36.1 Å². The number of carbonyl (C=O) groups excluding carboxylic acids is 3. The normalized spacial score (nSPS) is 15.7. The van der Waals surface area contributed by atoms with Crippen LogP contribution in [0, 0.1) is 0 Å². The lowest BCUT2D eigenvalue weighted by atomic mass is 9.93. The van der Waals surface area contributed by atoms with Gasteiger partial charge in [-0.15, -0.1) is 11.3 Å². The van der Waals surface area contributed by atoms with Crippen molar-refractivity contribution in [2.45, 2.75) is 43.9 Å². The molecule has 1 aliphatic heterocycles. The Bertz CT molecular complexity index is 1570. The number of carbonyl (C=O) groups is 3. The Labute approximate surface area is 244 Å². The summed E-state index contributed by atoms with van der Waals surface area (Å²) in [7, 11) is -2.25. The molecule has 0 unspecified atom stereocenters. The molecule has 11 heteroatoms. The van der Waals surface area contributed by atoms with Crippen LogP contribution in [0.3, 0.4) is 0 Å². The number of benzene rings is 2. The van der Waals surface area contributed by atoms with E-state index in [1.54, 1.807) is 48.4 Å². The molecule has 216 valence electrons. The number of hydrogen-bond acceptors (Lipinski definition) is 7. The number of nitrogens with zero attached hydrogens (tertiary/aromatic N) is 2. The average Bonchev–Trinajstić information content (AvgIpc) is 3.35. The molecular weight excluding hydrogens is 562 g/mol. The number of aryl methyl sites for hydroxylation is 1. The number of anilines is 1. The maximum absolute atomic E-state index is 13.5. The van der Waals surface area contributed by atoms with Gasteiger partial charge < -0.3 is 15.0 Å².